The highest BCUT2D eigenvalue weighted by atomic mass is 35.5. The Morgan fingerprint density at radius 2 is 2.47 bits per heavy atom. The monoisotopic (exact) mass is 244 g/mol. The molecule has 2 atom stereocenters. The van der Waals surface area contributed by atoms with Crippen LogP contribution in [-0.4, -0.2) is 31.1 Å². The van der Waals surface area contributed by atoms with Crippen molar-refractivity contribution in [1.29, 1.82) is 0 Å². The Balaban J connectivity index is 2.03. The zero-order valence-corrected chi connectivity index (χ0v) is 10.7. The van der Waals surface area contributed by atoms with Gasteiger partial charge in [0.25, 0.3) is 0 Å². The molecule has 0 bridgehead atoms. The van der Waals surface area contributed by atoms with E-state index in [2.05, 4.69) is 35.6 Å². The van der Waals surface area contributed by atoms with Gasteiger partial charge in [0.2, 0.25) is 0 Å². The van der Waals surface area contributed by atoms with E-state index in [1.165, 1.54) is 12.0 Å². The van der Waals surface area contributed by atoms with Crippen molar-refractivity contribution in [3.8, 4) is 0 Å². The SMILES string of the molecule is CC(c1csc(Cl)c1)N(C)C1CCNC1. The zero-order chi connectivity index (χ0) is 10.8. The number of hydrogen-bond donors (Lipinski definition) is 1. The molecule has 0 amide bonds. The first kappa shape index (κ1) is 11.4. The smallest absolute Gasteiger partial charge is 0.0931 e. The van der Waals surface area contributed by atoms with Crippen molar-refractivity contribution >= 4 is 22.9 Å². The maximum atomic E-state index is 5.96. The van der Waals surface area contributed by atoms with E-state index in [1.54, 1.807) is 11.3 Å². The molecule has 1 fully saturated rings. The van der Waals surface area contributed by atoms with Gasteiger partial charge in [-0.1, -0.05) is 11.6 Å². The third-order valence-electron chi connectivity index (χ3n) is 3.29. The van der Waals surface area contributed by atoms with Gasteiger partial charge in [0.15, 0.2) is 0 Å². The van der Waals surface area contributed by atoms with Gasteiger partial charge in [-0.15, -0.1) is 11.3 Å². The van der Waals surface area contributed by atoms with Crippen molar-refractivity contribution in [2.75, 3.05) is 20.1 Å². The Morgan fingerprint density at radius 3 is 3.00 bits per heavy atom. The lowest BCUT2D eigenvalue weighted by molar-refractivity contribution is 0.197. The molecule has 84 valence electrons. The second-order valence-corrected chi connectivity index (χ2v) is 5.71. The number of halogens is 1. The minimum absolute atomic E-state index is 0.457. The van der Waals surface area contributed by atoms with Crippen LogP contribution in [0.25, 0.3) is 0 Å². The van der Waals surface area contributed by atoms with Crippen molar-refractivity contribution in [3.63, 3.8) is 0 Å². The van der Waals surface area contributed by atoms with E-state index in [1.807, 2.05) is 0 Å². The molecule has 4 heteroatoms. The number of nitrogens with zero attached hydrogens (tertiary/aromatic N) is 1. The van der Waals surface area contributed by atoms with Crippen LogP contribution < -0.4 is 5.32 Å². The van der Waals surface area contributed by atoms with Crippen LogP contribution in [0, 0.1) is 0 Å². The van der Waals surface area contributed by atoms with Crippen LogP contribution in [0.3, 0.4) is 0 Å². The van der Waals surface area contributed by atoms with Gasteiger partial charge in [0.1, 0.15) is 0 Å². The molecule has 1 aliphatic heterocycles. The van der Waals surface area contributed by atoms with Gasteiger partial charge in [0.05, 0.1) is 4.34 Å². The fraction of sp³-hybridized carbons (Fsp3) is 0.636. The fourth-order valence-electron chi connectivity index (χ4n) is 2.08. The molecular weight excluding hydrogens is 228 g/mol. The Labute approximate surface area is 100 Å². The number of likely N-dealkylation sites (N-methyl/N-ethyl adjacent to an activating group) is 1. The molecule has 15 heavy (non-hydrogen) atoms. The summed E-state index contributed by atoms with van der Waals surface area (Å²) in [5.41, 5.74) is 1.33. The second-order valence-electron chi connectivity index (χ2n) is 4.17. The molecule has 0 spiro atoms. The predicted molar refractivity (Wildman–Crippen MR) is 66.8 cm³/mol. The van der Waals surface area contributed by atoms with E-state index in [0.29, 0.717) is 12.1 Å². The van der Waals surface area contributed by atoms with Gasteiger partial charge in [-0.25, -0.2) is 0 Å². The second kappa shape index (κ2) is 4.83. The Bertz CT molecular complexity index is 320. The number of thiophene rings is 1. The minimum atomic E-state index is 0.457. The van der Waals surface area contributed by atoms with Crippen molar-refractivity contribution in [2.45, 2.75) is 25.4 Å². The molecule has 1 aliphatic rings. The highest BCUT2D eigenvalue weighted by Gasteiger charge is 2.24. The first-order valence-electron chi connectivity index (χ1n) is 5.35. The average Bonchev–Trinajstić information content (AvgIpc) is 2.85. The first-order valence-corrected chi connectivity index (χ1v) is 6.61. The van der Waals surface area contributed by atoms with Gasteiger partial charge in [-0.3, -0.25) is 4.90 Å². The quantitative estimate of drug-likeness (QED) is 0.880. The summed E-state index contributed by atoms with van der Waals surface area (Å²) in [4.78, 5) is 2.44. The normalized spacial score (nSPS) is 23.6. The lowest BCUT2D eigenvalue weighted by atomic mass is 10.1. The average molecular weight is 245 g/mol. The molecule has 1 N–H and O–H groups in total. The topological polar surface area (TPSA) is 15.3 Å². The molecular formula is C11H17ClN2S. The van der Waals surface area contributed by atoms with Crippen molar-refractivity contribution in [1.82, 2.24) is 10.2 Å². The van der Waals surface area contributed by atoms with Crippen molar-refractivity contribution in [2.24, 2.45) is 0 Å². The Hall–Kier alpha value is -0.0900. The summed E-state index contributed by atoms with van der Waals surface area (Å²) in [6.45, 7) is 4.50. The van der Waals surface area contributed by atoms with Gasteiger partial charge >= 0.3 is 0 Å². The lowest BCUT2D eigenvalue weighted by Gasteiger charge is -2.29. The third-order valence-corrected chi connectivity index (χ3v) is 4.40. The van der Waals surface area contributed by atoms with E-state index < -0.39 is 0 Å². The largest absolute Gasteiger partial charge is 0.315 e. The van der Waals surface area contributed by atoms with Crippen LogP contribution in [0.1, 0.15) is 24.9 Å². The van der Waals surface area contributed by atoms with Crippen LogP contribution in [-0.2, 0) is 0 Å². The van der Waals surface area contributed by atoms with E-state index >= 15 is 0 Å². The van der Waals surface area contributed by atoms with Crippen LogP contribution in [0.2, 0.25) is 4.34 Å². The molecule has 2 unspecified atom stereocenters. The van der Waals surface area contributed by atoms with Crippen LogP contribution >= 0.6 is 22.9 Å². The maximum Gasteiger partial charge on any atom is 0.0931 e. The van der Waals surface area contributed by atoms with Gasteiger partial charge in [0, 0.05) is 18.6 Å². The minimum Gasteiger partial charge on any atom is -0.315 e. The summed E-state index contributed by atoms with van der Waals surface area (Å²) >= 11 is 7.57. The van der Waals surface area contributed by atoms with E-state index in [0.717, 1.165) is 17.4 Å². The summed E-state index contributed by atoms with van der Waals surface area (Å²) < 4.78 is 0.884. The molecule has 1 aromatic rings. The van der Waals surface area contributed by atoms with Gasteiger partial charge < -0.3 is 5.32 Å². The van der Waals surface area contributed by atoms with Crippen LogP contribution in [0.4, 0.5) is 0 Å². The summed E-state index contributed by atoms with van der Waals surface area (Å²) in [7, 11) is 2.20. The summed E-state index contributed by atoms with van der Waals surface area (Å²) in [5.74, 6) is 0. The molecule has 0 radical (unpaired) electrons. The number of hydrogen-bond acceptors (Lipinski definition) is 3. The van der Waals surface area contributed by atoms with Crippen LogP contribution in [0.5, 0.6) is 0 Å². The third kappa shape index (κ3) is 2.53. The molecule has 2 nitrogen and oxygen atoms in total. The van der Waals surface area contributed by atoms with Gasteiger partial charge in [-0.05, 0) is 43.9 Å². The maximum absolute atomic E-state index is 5.96. The molecule has 0 saturated carbocycles. The summed E-state index contributed by atoms with van der Waals surface area (Å²) in [6, 6.07) is 3.20. The fourth-order valence-corrected chi connectivity index (χ4v) is 3.06. The Kier molecular flexibility index (Phi) is 3.67. The van der Waals surface area contributed by atoms with Crippen molar-refractivity contribution in [3.05, 3.63) is 21.3 Å². The standard InChI is InChI=1S/C11H17ClN2S/c1-8(9-5-11(12)15-7-9)14(2)10-3-4-13-6-10/h5,7-8,10,13H,3-4,6H2,1-2H3. The summed E-state index contributed by atoms with van der Waals surface area (Å²) in [6.07, 6.45) is 1.25. The molecule has 1 saturated heterocycles. The Morgan fingerprint density at radius 1 is 1.67 bits per heavy atom. The van der Waals surface area contributed by atoms with E-state index in [4.69, 9.17) is 11.6 Å². The highest BCUT2D eigenvalue weighted by Crippen LogP contribution is 2.29. The number of rotatable bonds is 3. The number of nitrogens with one attached hydrogen (secondary N) is 1. The lowest BCUT2D eigenvalue weighted by Crippen LogP contribution is -2.35. The molecule has 0 aromatic carbocycles. The zero-order valence-electron chi connectivity index (χ0n) is 9.16. The molecule has 0 aliphatic carbocycles. The first-order chi connectivity index (χ1) is 7.18. The van der Waals surface area contributed by atoms with Gasteiger partial charge in [-0.2, -0.15) is 0 Å². The highest BCUT2D eigenvalue weighted by molar-refractivity contribution is 7.14. The molecule has 2 rings (SSSR count). The molecule has 1 aromatic heterocycles. The van der Waals surface area contributed by atoms with Crippen molar-refractivity contribution < 1.29 is 0 Å². The van der Waals surface area contributed by atoms with E-state index in [-0.39, 0.29) is 0 Å². The summed E-state index contributed by atoms with van der Waals surface area (Å²) in [5, 5.41) is 5.56. The predicted octanol–water partition coefficient (Wildman–Crippen LogP) is 2.76. The van der Waals surface area contributed by atoms with E-state index in [9.17, 15) is 0 Å². The molecule has 2 heterocycles. The van der Waals surface area contributed by atoms with Crippen LogP contribution in [0.15, 0.2) is 11.4 Å².